The standard InChI is InChI=1S/C6H3Cl.HI/c7-6-3-4-1-2-5(4)6;/h1-3H;1H. The first-order valence-corrected chi connectivity index (χ1v) is 2.55. The van der Waals surface area contributed by atoms with E-state index < -0.39 is 0 Å². The monoisotopic (exact) mass is 238 g/mol. The number of hydrogen-bond donors (Lipinski definition) is 0. The molecule has 2 aliphatic rings. The second kappa shape index (κ2) is 1.88. The lowest BCUT2D eigenvalue weighted by Crippen LogP contribution is -1.89. The number of halogens is 2. The summed E-state index contributed by atoms with van der Waals surface area (Å²) < 4.78 is 0. The first kappa shape index (κ1) is 6.36. The Morgan fingerprint density at radius 2 is 2.00 bits per heavy atom. The third kappa shape index (κ3) is 0.576. The quantitative estimate of drug-likeness (QED) is 0.619. The van der Waals surface area contributed by atoms with E-state index in [1.165, 1.54) is 11.1 Å². The lowest BCUT2D eigenvalue weighted by Gasteiger charge is -2.15. The van der Waals surface area contributed by atoms with E-state index in [0.29, 0.717) is 0 Å². The summed E-state index contributed by atoms with van der Waals surface area (Å²) in [5.41, 5.74) is 2.55. The summed E-state index contributed by atoms with van der Waals surface area (Å²) in [7, 11) is 0. The van der Waals surface area contributed by atoms with Gasteiger partial charge in [0.15, 0.2) is 0 Å². The Hall–Kier alpha value is 0.240. The number of benzene rings is 1. The maximum atomic E-state index is 5.60. The van der Waals surface area contributed by atoms with Crippen molar-refractivity contribution in [1.82, 2.24) is 0 Å². The Labute approximate surface area is 69.9 Å². The van der Waals surface area contributed by atoms with Crippen molar-refractivity contribution in [3.8, 4) is 11.1 Å². The van der Waals surface area contributed by atoms with Crippen molar-refractivity contribution in [2.45, 2.75) is 0 Å². The molecule has 0 unspecified atom stereocenters. The summed E-state index contributed by atoms with van der Waals surface area (Å²) in [6.07, 6.45) is 0. The van der Waals surface area contributed by atoms with Gasteiger partial charge in [-0.15, -0.1) is 24.0 Å². The van der Waals surface area contributed by atoms with Crippen molar-refractivity contribution < 1.29 is 0 Å². The van der Waals surface area contributed by atoms with Gasteiger partial charge < -0.3 is 0 Å². The molecule has 0 saturated heterocycles. The fourth-order valence-corrected chi connectivity index (χ4v) is 1.03. The largest absolute Gasteiger partial charge is 0.107 e. The molecule has 0 heterocycles. The third-order valence-corrected chi connectivity index (χ3v) is 1.59. The van der Waals surface area contributed by atoms with E-state index in [1.54, 1.807) is 0 Å². The maximum absolute atomic E-state index is 5.60. The molecule has 0 aliphatic heterocycles. The molecule has 0 nitrogen and oxygen atoms in total. The molecular formula is C6H4ClI. The van der Waals surface area contributed by atoms with Gasteiger partial charge in [-0.2, -0.15) is 0 Å². The Balaban J connectivity index is 0.000000320. The average molecular weight is 238 g/mol. The van der Waals surface area contributed by atoms with E-state index in [1.807, 2.05) is 12.1 Å². The molecule has 0 aromatic rings. The van der Waals surface area contributed by atoms with Crippen LogP contribution in [0.25, 0.3) is 11.1 Å². The summed E-state index contributed by atoms with van der Waals surface area (Å²) in [4.78, 5) is 0. The lowest BCUT2D eigenvalue weighted by molar-refractivity contribution is 1.55. The van der Waals surface area contributed by atoms with E-state index in [9.17, 15) is 0 Å². The van der Waals surface area contributed by atoms with E-state index in [-0.39, 0.29) is 24.0 Å². The van der Waals surface area contributed by atoms with Crippen LogP contribution in [0.1, 0.15) is 0 Å². The molecular weight excluding hydrogens is 234 g/mol. The molecule has 0 saturated carbocycles. The van der Waals surface area contributed by atoms with Crippen LogP contribution in [0, 0.1) is 0 Å². The molecule has 2 heteroatoms. The molecule has 42 valence electrons. The van der Waals surface area contributed by atoms with Gasteiger partial charge in [-0.1, -0.05) is 23.7 Å². The van der Waals surface area contributed by atoms with Crippen molar-refractivity contribution >= 4 is 35.6 Å². The number of fused-ring (bicyclic) bond motifs is 1. The molecule has 0 bridgehead atoms. The topological polar surface area (TPSA) is 0 Å². The normalized spacial score (nSPS) is 10.1. The zero-order chi connectivity index (χ0) is 4.85. The van der Waals surface area contributed by atoms with Crippen molar-refractivity contribution in [1.29, 1.82) is 0 Å². The van der Waals surface area contributed by atoms with Crippen LogP contribution >= 0.6 is 35.6 Å². The molecule has 0 aromatic carbocycles. The summed E-state index contributed by atoms with van der Waals surface area (Å²) >= 11 is 5.60. The SMILES string of the molecule is Clc1cc2ccc1-2.I. The minimum atomic E-state index is 0. The highest BCUT2D eigenvalue weighted by Crippen LogP contribution is 2.39. The number of hydrogen-bond acceptors (Lipinski definition) is 0. The summed E-state index contributed by atoms with van der Waals surface area (Å²) in [6, 6.07) is 6.05. The minimum Gasteiger partial charge on any atom is -0.107 e. The first-order valence-electron chi connectivity index (χ1n) is 2.18. The van der Waals surface area contributed by atoms with Gasteiger partial charge >= 0.3 is 0 Å². The molecule has 0 atom stereocenters. The lowest BCUT2D eigenvalue weighted by atomic mass is 9.94. The molecule has 8 heavy (non-hydrogen) atoms. The Morgan fingerprint density at radius 3 is 2.00 bits per heavy atom. The molecule has 0 N–H and O–H groups in total. The van der Waals surface area contributed by atoms with Gasteiger partial charge in [0, 0.05) is 10.6 Å². The zero-order valence-electron chi connectivity index (χ0n) is 4.02. The minimum absolute atomic E-state index is 0. The van der Waals surface area contributed by atoms with Crippen molar-refractivity contribution in [3.63, 3.8) is 0 Å². The van der Waals surface area contributed by atoms with E-state index >= 15 is 0 Å². The van der Waals surface area contributed by atoms with Gasteiger partial charge in [-0.05, 0) is 11.6 Å². The van der Waals surface area contributed by atoms with Crippen LogP contribution in [-0.4, -0.2) is 0 Å². The van der Waals surface area contributed by atoms with Crippen LogP contribution < -0.4 is 0 Å². The van der Waals surface area contributed by atoms with Crippen molar-refractivity contribution in [2.24, 2.45) is 0 Å². The predicted molar refractivity (Wildman–Crippen MR) is 45.9 cm³/mol. The Bertz CT molecular complexity index is 220. The molecule has 2 rings (SSSR count). The van der Waals surface area contributed by atoms with Crippen molar-refractivity contribution in [2.75, 3.05) is 0 Å². The van der Waals surface area contributed by atoms with Gasteiger partial charge in [0.1, 0.15) is 0 Å². The second-order valence-corrected chi connectivity index (χ2v) is 2.10. The maximum Gasteiger partial charge on any atom is 0.0490 e. The van der Waals surface area contributed by atoms with Gasteiger partial charge in [0.2, 0.25) is 0 Å². The average Bonchev–Trinajstić information content (AvgIpc) is 1.59. The second-order valence-electron chi connectivity index (χ2n) is 1.69. The van der Waals surface area contributed by atoms with Crippen LogP contribution in [0.3, 0.4) is 0 Å². The predicted octanol–water partition coefficient (Wildman–Crippen LogP) is 2.94. The Morgan fingerprint density at radius 1 is 1.25 bits per heavy atom. The fourth-order valence-electron chi connectivity index (χ4n) is 0.743. The molecule has 0 fully saturated rings. The molecule has 2 aliphatic carbocycles. The third-order valence-electron chi connectivity index (χ3n) is 1.28. The molecule has 0 aromatic heterocycles. The molecule has 0 spiro atoms. The smallest absolute Gasteiger partial charge is 0.0490 e. The van der Waals surface area contributed by atoms with E-state index in [2.05, 4.69) is 6.07 Å². The summed E-state index contributed by atoms with van der Waals surface area (Å²) in [5, 5.41) is 0.914. The molecule has 0 radical (unpaired) electrons. The zero-order valence-corrected chi connectivity index (χ0v) is 7.10. The highest BCUT2D eigenvalue weighted by molar-refractivity contribution is 14.0. The van der Waals surface area contributed by atoms with Crippen LogP contribution in [-0.2, 0) is 0 Å². The van der Waals surface area contributed by atoms with Gasteiger partial charge in [-0.3, -0.25) is 0 Å². The highest BCUT2D eigenvalue weighted by atomic mass is 127. The van der Waals surface area contributed by atoms with Gasteiger partial charge in [-0.25, -0.2) is 0 Å². The highest BCUT2D eigenvalue weighted by Gasteiger charge is 2.13. The van der Waals surface area contributed by atoms with E-state index in [4.69, 9.17) is 11.6 Å². The fraction of sp³-hybridized carbons (Fsp3) is 0. The van der Waals surface area contributed by atoms with Gasteiger partial charge in [0.05, 0.1) is 0 Å². The van der Waals surface area contributed by atoms with Crippen LogP contribution in [0.2, 0.25) is 5.02 Å². The van der Waals surface area contributed by atoms with Gasteiger partial charge in [0.25, 0.3) is 0 Å². The van der Waals surface area contributed by atoms with Crippen LogP contribution in [0.4, 0.5) is 0 Å². The summed E-state index contributed by atoms with van der Waals surface area (Å²) in [6.45, 7) is 0. The first-order chi connectivity index (χ1) is 3.38. The van der Waals surface area contributed by atoms with E-state index in [0.717, 1.165) is 5.02 Å². The molecule has 0 amide bonds. The summed E-state index contributed by atoms with van der Waals surface area (Å²) in [5.74, 6) is 0. The van der Waals surface area contributed by atoms with Crippen LogP contribution in [0.15, 0.2) is 18.2 Å². The van der Waals surface area contributed by atoms with Crippen LogP contribution in [0.5, 0.6) is 0 Å². The number of rotatable bonds is 0. The van der Waals surface area contributed by atoms with Crippen molar-refractivity contribution in [3.05, 3.63) is 23.2 Å². The Kier molecular flexibility index (Phi) is 1.50.